The molecule has 5 heteroatoms. The molecule has 1 aromatic carbocycles. The molecule has 0 aliphatic carbocycles. The Morgan fingerprint density at radius 3 is 1.96 bits per heavy atom. The summed E-state index contributed by atoms with van der Waals surface area (Å²) in [6, 6.07) is 9.86. The van der Waals surface area contributed by atoms with Gasteiger partial charge in [0.15, 0.2) is 0 Å². The topological polar surface area (TPSA) is 45.6 Å². The zero-order chi connectivity index (χ0) is 19.6. The van der Waals surface area contributed by atoms with Crippen LogP contribution in [0, 0.1) is 13.8 Å². The summed E-state index contributed by atoms with van der Waals surface area (Å²) in [6.07, 6.45) is 2.14. The van der Waals surface area contributed by atoms with Gasteiger partial charge in [0.1, 0.15) is 0 Å². The van der Waals surface area contributed by atoms with E-state index in [9.17, 15) is 9.59 Å². The van der Waals surface area contributed by atoms with Crippen LogP contribution in [0.5, 0.6) is 0 Å². The van der Waals surface area contributed by atoms with E-state index in [0.717, 1.165) is 35.4 Å². The van der Waals surface area contributed by atoms with Crippen LogP contribution >= 0.6 is 0 Å². The van der Waals surface area contributed by atoms with Crippen LogP contribution in [0.1, 0.15) is 51.0 Å². The van der Waals surface area contributed by atoms with E-state index in [4.69, 9.17) is 0 Å². The van der Waals surface area contributed by atoms with Gasteiger partial charge in [-0.15, -0.1) is 0 Å². The molecule has 0 saturated carbocycles. The van der Waals surface area contributed by atoms with Gasteiger partial charge in [-0.1, -0.05) is 25.5 Å². The van der Waals surface area contributed by atoms with Gasteiger partial charge in [0.05, 0.1) is 5.56 Å². The number of aryl methyl sites for hydroxylation is 2. The first-order valence-corrected chi connectivity index (χ1v) is 9.72. The van der Waals surface area contributed by atoms with Crippen molar-refractivity contribution >= 4 is 11.8 Å². The lowest BCUT2D eigenvalue weighted by Gasteiger charge is -2.35. The normalized spacial score (nSPS) is 14.5. The molecule has 27 heavy (non-hydrogen) atoms. The summed E-state index contributed by atoms with van der Waals surface area (Å²) in [5.74, 6) is 0.115. The zero-order valence-corrected chi connectivity index (χ0v) is 16.8. The van der Waals surface area contributed by atoms with Crippen molar-refractivity contribution in [2.75, 3.05) is 26.2 Å². The molecule has 144 valence electrons. The molecule has 0 unspecified atom stereocenters. The summed E-state index contributed by atoms with van der Waals surface area (Å²) in [5.41, 5.74) is 4.82. The van der Waals surface area contributed by atoms with Crippen molar-refractivity contribution in [2.45, 2.75) is 33.6 Å². The fourth-order valence-corrected chi connectivity index (χ4v) is 3.64. The van der Waals surface area contributed by atoms with Gasteiger partial charge in [0.25, 0.3) is 11.8 Å². The molecule has 0 bridgehead atoms. The standard InChI is InChI=1S/C22H29N3O2/c1-5-6-18-7-9-19(10-8-18)21(26)24-11-13-25(14-12-24)22(27)20-15-16(2)23(4)17(20)3/h7-10,15H,5-6,11-14H2,1-4H3. The van der Waals surface area contributed by atoms with Crippen molar-refractivity contribution in [3.05, 3.63) is 58.4 Å². The van der Waals surface area contributed by atoms with Crippen LogP contribution in [0.15, 0.2) is 30.3 Å². The van der Waals surface area contributed by atoms with E-state index in [1.165, 1.54) is 5.56 Å². The molecule has 5 nitrogen and oxygen atoms in total. The second-order valence-corrected chi connectivity index (χ2v) is 7.38. The number of rotatable bonds is 4. The van der Waals surface area contributed by atoms with E-state index >= 15 is 0 Å². The zero-order valence-electron chi connectivity index (χ0n) is 16.8. The predicted molar refractivity (Wildman–Crippen MR) is 107 cm³/mol. The van der Waals surface area contributed by atoms with Crippen molar-refractivity contribution in [2.24, 2.45) is 7.05 Å². The Kier molecular flexibility index (Phi) is 5.68. The fraction of sp³-hybridized carbons (Fsp3) is 0.455. The summed E-state index contributed by atoms with van der Waals surface area (Å²) < 4.78 is 2.04. The van der Waals surface area contributed by atoms with Crippen LogP contribution < -0.4 is 0 Å². The highest BCUT2D eigenvalue weighted by atomic mass is 16.2. The van der Waals surface area contributed by atoms with Crippen molar-refractivity contribution < 1.29 is 9.59 Å². The minimum absolute atomic E-state index is 0.0527. The minimum Gasteiger partial charge on any atom is -0.351 e. The molecule has 2 heterocycles. The minimum atomic E-state index is 0.0527. The number of nitrogens with zero attached hydrogens (tertiary/aromatic N) is 3. The van der Waals surface area contributed by atoms with Crippen LogP contribution in [0.25, 0.3) is 0 Å². The summed E-state index contributed by atoms with van der Waals surface area (Å²) >= 11 is 0. The molecule has 0 N–H and O–H groups in total. The number of benzene rings is 1. The van der Waals surface area contributed by atoms with E-state index < -0.39 is 0 Å². The number of piperazine rings is 1. The Morgan fingerprint density at radius 2 is 1.48 bits per heavy atom. The Labute approximate surface area is 161 Å². The van der Waals surface area contributed by atoms with Gasteiger partial charge in [0, 0.05) is 50.2 Å². The molecule has 1 fully saturated rings. The lowest BCUT2D eigenvalue weighted by Crippen LogP contribution is -2.50. The monoisotopic (exact) mass is 367 g/mol. The third-order valence-corrected chi connectivity index (χ3v) is 5.60. The third-order valence-electron chi connectivity index (χ3n) is 5.60. The van der Waals surface area contributed by atoms with E-state index in [0.29, 0.717) is 26.2 Å². The molecule has 1 saturated heterocycles. The van der Waals surface area contributed by atoms with Crippen LogP contribution in [0.2, 0.25) is 0 Å². The summed E-state index contributed by atoms with van der Waals surface area (Å²) in [4.78, 5) is 29.3. The van der Waals surface area contributed by atoms with Gasteiger partial charge < -0.3 is 14.4 Å². The Morgan fingerprint density at radius 1 is 0.926 bits per heavy atom. The quantitative estimate of drug-likeness (QED) is 0.833. The first-order chi connectivity index (χ1) is 12.9. The van der Waals surface area contributed by atoms with Crippen LogP contribution in [-0.4, -0.2) is 52.4 Å². The molecular weight excluding hydrogens is 338 g/mol. The van der Waals surface area contributed by atoms with E-state index in [-0.39, 0.29) is 11.8 Å². The molecule has 2 aromatic rings. The van der Waals surface area contributed by atoms with Crippen LogP contribution in [-0.2, 0) is 13.5 Å². The highest BCUT2D eigenvalue weighted by Crippen LogP contribution is 2.18. The average Bonchev–Trinajstić information content (AvgIpc) is 2.95. The maximum Gasteiger partial charge on any atom is 0.255 e. The molecule has 1 aliphatic heterocycles. The third kappa shape index (κ3) is 3.92. The van der Waals surface area contributed by atoms with Crippen molar-refractivity contribution in [1.29, 1.82) is 0 Å². The number of hydrogen-bond acceptors (Lipinski definition) is 2. The Hall–Kier alpha value is -2.56. The Bertz CT molecular complexity index is 828. The van der Waals surface area contributed by atoms with Gasteiger partial charge in [-0.05, 0) is 44.0 Å². The predicted octanol–water partition coefficient (Wildman–Crippen LogP) is 3.19. The molecule has 0 spiro atoms. The van der Waals surface area contributed by atoms with E-state index in [1.807, 2.05) is 65.6 Å². The highest BCUT2D eigenvalue weighted by Gasteiger charge is 2.27. The SMILES string of the molecule is CCCc1ccc(C(=O)N2CCN(C(=O)c3cc(C)n(C)c3C)CC2)cc1. The number of aromatic nitrogens is 1. The second kappa shape index (κ2) is 7.99. The van der Waals surface area contributed by atoms with Gasteiger partial charge in [-0.25, -0.2) is 0 Å². The molecule has 0 radical (unpaired) electrons. The lowest BCUT2D eigenvalue weighted by atomic mass is 10.1. The maximum absolute atomic E-state index is 12.8. The fourth-order valence-electron chi connectivity index (χ4n) is 3.64. The van der Waals surface area contributed by atoms with Crippen LogP contribution in [0.3, 0.4) is 0 Å². The second-order valence-electron chi connectivity index (χ2n) is 7.38. The highest BCUT2D eigenvalue weighted by molar-refractivity contribution is 5.97. The van der Waals surface area contributed by atoms with Crippen molar-refractivity contribution in [3.63, 3.8) is 0 Å². The Balaban J connectivity index is 1.61. The van der Waals surface area contributed by atoms with Gasteiger partial charge >= 0.3 is 0 Å². The molecule has 0 atom stereocenters. The first kappa shape index (κ1) is 19.2. The number of amides is 2. The van der Waals surface area contributed by atoms with E-state index in [1.54, 1.807) is 0 Å². The number of hydrogen-bond donors (Lipinski definition) is 0. The average molecular weight is 367 g/mol. The van der Waals surface area contributed by atoms with Gasteiger partial charge in [-0.3, -0.25) is 9.59 Å². The molecule has 2 amide bonds. The van der Waals surface area contributed by atoms with Gasteiger partial charge in [0.2, 0.25) is 0 Å². The summed E-state index contributed by atoms with van der Waals surface area (Å²) in [6.45, 7) is 8.43. The molecule has 3 rings (SSSR count). The van der Waals surface area contributed by atoms with E-state index in [2.05, 4.69) is 6.92 Å². The summed E-state index contributed by atoms with van der Waals surface area (Å²) in [7, 11) is 1.98. The first-order valence-electron chi connectivity index (χ1n) is 9.72. The van der Waals surface area contributed by atoms with Crippen molar-refractivity contribution in [1.82, 2.24) is 14.4 Å². The number of carbonyl (C=O) groups is 2. The molecule has 1 aromatic heterocycles. The largest absolute Gasteiger partial charge is 0.351 e. The molecular formula is C22H29N3O2. The molecule has 1 aliphatic rings. The number of carbonyl (C=O) groups excluding carboxylic acids is 2. The summed E-state index contributed by atoms with van der Waals surface area (Å²) in [5, 5.41) is 0. The smallest absolute Gasteiger partial charge is 0.255 e. The maximum atomic E-state index is 12.8. The van der Waals surface area contributed by atoms with Crippen molar-refractivity contribution in [3.8, 4) is 0 Å². The lowest BCUT2D eigenvalue weighted by molar-refractivity contribution is 0.0535. The van der Waals surface area contributed by atoms with Crippen LogP contribution in [0.4, 0.5) is 0 Å². The van der Waals surface area contributed by atoms with Gasteiger partial charge in [-0.2, -0.15) is 0 Å².